The Labute approximate surface area is 128 Å². The third-order valence-corrected chi connectivity index (χ3v) is 7.06. The lowest BCUT2D eigenvalue weighted by Gasteiger charge is -2.56. The number of hydrogen-bond acceptors (Lipinski definition) is 2. The molecule has 5 aliphatic carbocycles. The quantitative estimate of drug-likeness (QED) is 0.836. The minimum Gasteiger partial charge on any atom is -0.349 e. The van der Waals surface area contributed by atoms with Crippen LogP contribution < -0.4 is 11.1 Å². The summed E-state index contributed by atoms with van der Waals surface area (Å²) in [5.74, 6) is 3.08. The molecule has 0 radical (unpaired) electrons. The lowest BCUT2D eigenvalue weighted by atomic mass is 9.49. The molecule has 3 heteroatoms. The summed E-state index contributed by atoms with van der Waals surface area (Å²) >= 11 is 0. The van der Waals surface area contributed by atoms with E-state index in [0.717, 1.165) is 37.0 Å². The molecule has 0 aromatic carbocycles. The molecule has 0 heterocycles. The van der Waals surface area contributed by atoms with Crippen molar-refractivity contribution in [2.24, 2.45) is 28.9 Å². The lowest BCUT2D eigenvalue weighted by molar-refractivity contribution is -0.131. The highest BCUT2D eigenvalue weighted by Gasteiger charge is 2.51. The SMILES string of the molecule is NCC1(NC(=O)CC23CC4CC(CC(C4)C2)C3)CCCC1. The fourth-order valence-electron chi connectivity index (χ4n) is 6.62. The van der Waals surface area contributed by atoms with Gasteiger partial charge in [0.25, 0.3) is 0 Å². The summed E-state index contributed by atoms with van der Waals surface area (Å²) in [6.07, 6.45) is 13.7. The van der Waals surface area contributed by atoms with Gasteiger partial charge in [0, 0.05) is 13.0 Å². The van der Waals surface area contributed by atoms with Crippen LogP contribution in [-0.4, -0.2) is 18.0 Å². The number of amides is 1. The smallest absolute Gasteiger partial charge is 0.221 e. The van der Waals surface area contributed by atoms with Crippen molar-refractivity contribution in [3.05, 3.63) is 0 Å². The van der Waals surface area contributed by atoms with Crippen LogP contribution in [0, 0.1) is 23.2 Å². The van der Waals surface area contributed by atoms with Gasteiger partial charge >= 0.3 is 0 Å². The molecule has 0 aromatic rings. The van der Waals surface area contributed by atoms with Crippen LogP contribution in [0.15, 0.2) is 0 Å². The van der Waals surface area contributed by atoms with Gasteiger partial charge in [-0.15, -0.1) is 0 Å². The summed E-state index contributed by atoms with van der Waals surface area (Å²) in [5, 5.41) is 3.35. The first kappa shape index (κ1) is 14.0. The van der Waals surface area contributed by atoms with Crippen molar-refractivity contribution in [3.8, 4) is 0 Å². The molecule has 118 valence electrons. The monoisotopic (exact) mass is 290 g/mol. The van der Waals surface area contributed by atoms with E-state index in [2.05, 4.69) is 5.32 Å². The molecule has 5 fully saturated rings. The van der Waals surface area contributed by atoms with Gasteiger partial charge in [-0.05, 0) is 74.5 Å². The van der Waals surface area contributed by atoms with Gasteiger partial charge in [-0.2, -0.15) is 0 Å². The van der Waals surface area contributed by atoms with Gasteiger partial charge in [0.05, 0.1) is 5.54 Å². The summed E-state index contributed by atoms with van der Waals surface area (Å²) < 4.78 is 0. The van der Waals surface area contributed by atoms with Crippen molar-refractivity contribution in [3.63, 3.8) is 0 Å². The van der Waals surface area contributed by atoms with Gasteiger partial charge < -0.3 is 11.1 Å². The third-order valence-electron chi connectivity index (χ3n) is 7.06. The average molecular weight is 290 g/mol. The highest BCUT2D eigenvalue weighted by molar-refractivity contribution is 5.77. The second-order valence-corrected chi connectivity index (χ2v) is 8.83. The normalized spacial score (nSPS) is 43.2. The Morgan fingerprint density at radius 3 is 2.00 bits per heavy atom. The average Bonchev–Trinajstić information content (AvgIpc) is 2.85. The largest absolute Gasteiger partial charge is 0.349 e. The zero-order valence-corrected chi connectivity index (χ0v) is 13.2. The molecular formula is C18H30N2O. The second kappa shape index (κ2) is 4.97. The topological polar surface area (TPSA) is 55.1 Å². The standard InChI is InChI=1S/C18H30N2O/c19-12-18(3-1-2-4-18)20-16(21)11-17-8-13-5-14(9-17)7-15(6-13)10-17/h13-15H,1-12,19H2,(H,20,21). The minimum atomic E-state index is -0.0701. The van der Waals surface area contributed by atoms with E-state index in [9.17, 15) is 4.79 Å². The Balaban J connectivity index is 1.42. The number of hydrogen-bond donors (Lipinski definition) is 2. The predicted octanol–water partition coefficient (Wildman–Crippen LogP) is 2.98. The van der Waals surface area contributed by atoms with Gasteiger partial charge in [0.1, 0.15) is 0 Å². The fourth-order valence-corrected chi connectivity index (χ4v) is 6.62. The third kappa shape index (κ3) is 2.52. The molecule has 5 saturated carbocycles. The predicted molar refractivity (Wildman–Crippen MR) is 83.6 cm³/mol. The van der Waals surface area contributed by atoms with E-state index in [0.29, 0.717) is 17.9 Å². The van der Waals surface area contributed by atoms with Crippen LogP contribution >= 0.6 is 0 Å². The number of nitrogens with two attached hydrogens (primary N) is 1. The van der Waals surface area contributed by atoms with Crippen molar-refractivity contribution in [1.82, 2.24) is 5.32 Å². The second-order valence-electron chi connectivity index (χ2n) is 8.83. The molecule has 0 spiro atoms. The van der Waals surface area contributed by atoms with Gasteiger partial charge in [-0.25, -0.2) is 0 Å². The van der Waals surface area contributed by atoms with Gasteiger partial charge in [0.15, 0.2) is 0 Å². The summed E-state index contributed by atoms with van der Waals surface area (Å²) in [6.45, 7) is 0.611. The summed E-state index contributed by atoms with van der Waals surface area (Å²) in [5.41, 5.74) is 6.25. The molecule has 0 aromatic heterocycles. The van der Waals surface area contributed by atoms with Crippen molar-refractivity contribution >= 4 is 5.91 Å². The van der Waals surface area contributed by atoms with Crippen LogP contribution in [0.3, 0.4) is 0 Å². The van der Waals surface area contributed by atoms with Crippen molar-refractivity contribution in [1.29, 1.82) is 0 Å². The van der Waals surface area contributed by atoms with Crippen molar-refractivity contribution in [2.75, 3.05) is 6.54 Å². The Morgan fingerprint density at radius 1 is 1.00 bits per heavy atom. The molecule has 5 aliphatic rings. The molecule has 0 saturated heterocycles. The van der Waals surface area contributed by atoms with E-state index in [1.165, 1.54) is 51.4 Å². The summed E-state index contributed by atoms with van der Waals surface area (Å²) in [4.78, 5) is 12.7. The Kier molecular flexibility index (Phi) is 3.33. The molecular weight excluding hydrogens is 260 g/mol. The van der Waals surface area contributed by atoms with E-state index < -0.39 is 0 Å². The van der Waals surface area contributed by atoms with E-state index in [-0.39, 0.29) is 5.54 Å². The van der Waals surface area contributed by atoms with E-state index in [1.54, 1.807) is 0 Å². The summed E-state index contributed by atoms with van der Waals surface area (Å²) in [7, 11) is 0. The lowest BCUT2D eigenvalue weighted by Crippen LogP contribution is -2.54. The van der Waals surface area contributed by atoms with E-state index in [1.807, 2.05) is 0 Å². The zero-order chi connectivity index (χ0) is 14.5. The maximum absolute atomic E-state index is 12.7. The molecule has 21 heavy (non-hydrogen) atoms. The first-order chi connectivity index (χ1) is 10.1. The molecule has 0 aliphatic heterocycles. The molecule has 0 atom stereocenters. The van der Waals surface area contributed by atoms with Gasteiger partial charge in [-0.1, -0.05) is 12.8 Å². The van der Waals surface area contributed by atoms with Crippen LogP contribution in [0.25, 0.3) is 0 Å². The molecule has 1 amide bonds. The van der Waals surface area contributed by atoms with E-state index in [4.69, 9.17) is 5.73 Å². The minimum absolute atomic E-state index is 0.0701. The maximum Gasteiger partial charge on any atom is 0.221 e. The Hall–Kier alpha value is -0.570. The van der Waals surface area contributed by atoms with Crippen molar-refractivity contribution < 1.29 is 4.79 Å². The molecule has 3 N–H and O–H groups in total. The van der Waals surface area contributed by atoms with E-state index >= 15 is 0 Å². The first-order valence-electron chi connectivity index (χ1n) is 9.12. The molecule has 0 unspecified atom stereocenters. The number of carbonyl (C=O) groups excluding carboxylic acids is 1. The van der Waals surface area contributed by atoms with Crippen LogP contribution in [0.4, 0.5) is 0 Å². The number of nitrogens with one attached hydrogen (secondary N) is 1. The number of carbonyl (C=O) groups is 1. The maximum atomic E-state index is 12.7. The Morgan fingerprint density at radius 2 is 1.52 bits per heavy atom. The van der Waals surface area contributed by atoms with Gasteiger partial charge in [-0.3, -0.25) is 4.79 Å². The molecule has 3 nitrogen and oxygen atoms in total. The van der Waals surface area contributed by atoms with Crippen LogP contribution in [0.5, 0.6) is 0 Å². The number of rotatable bonds is 4. The van der Waals surface area contributed by atoms with Crippen LogP contribution in [0.2, 0.25) is 0 Å². The molecule has 4 bridgehead atoms. The van der Waals surface area contributed by atoms with Gasteiger partial charge in [0.2, 0.25) is 5.91 Å². The first-order valence-corrected chi connectivity index (χ1v) is 9.12. The zero-order valence-electron chi connectivity index (χ0n) is 13.2. The summed E-state index contributed by atoms with van der Waals surface area (Å²) in [6, 6.07) is 0. The fraction of sp³-hybridized carbons (Fsp3) is 0.944. The Bertz CT molecular complexity index is 390. The van der Waals surface area contributed by atoms with Crippen molar-refractivity contribution in [2.45, 2.75) is 76.2 Å². The highest BCUT2D eigenvalue weighted by Crippen LogP contribution is 2.61. The molecule has 5 rings (SSSR count). The van der Waals surface area contributed by atoms with Crippen LogP contribution in [0.1, 0.15) is 70.6 Å². The highest BCUT2D eigenvalue weighted by atomic mass is 16.1. The van der Waals surface area contributed by atoms with Crippen LogP contribution in [-0.2, 0) is 4.79 Å².